The SMILES string of the molecule is Cc1ccc(F)c([C@@H]2C[C@H]2C(=O)O)c1F. The number of carbonyl (C=O) groups is 1. The second-order valence-electron chi connectivity index (χ2n) is 3.88. The maximum atomic E-state index is 13.6. The second-order valence-corrected chi connectivity index (χ2v) is 3.88. The molecule has 1 saturated carbocycles. The molecule has 0 radical (unpaired) electrons. The highest BCUT2D eigenvalue weighted by molar-refractivity contribution is 5.75. The van der Waals surface area contributed by atoms with Crippen molar-refractivity contribution in [2.75, 3.05) is 0 Å². The number of rotatable bonds is 2. The molecule has 1 aliphatic rings. The zero-order valence-electron chi connectivity index (χ0n) is 8.13. The van der Waals surface area contributed by atoms with Crippen LogP contribution in [0.3, 0.4) is 0 Å². The number of aryl methyl sites for hydroxylation is 1. The predicted molar refractivity (Wildman–Crippen MR) is 49.6 cm³/mol. The fraction of sp³-hybridized carbons (Fsp3) is 0.364. The minimum Gasteiger partial charge on any atom is -0.481 e. The van der Waals surface area contributed by atoms with Gasteiger partial charge in [-0.3, -0.25) is 4.79 Å². The minimum atomic E-state index is -0.986. The molecule has 0 amide bonds. The van der Waals surface area contributed by atoms with E-state index in [9.17, 15) is 13.6 Å². The van der Waals surface area contributed by atoms with Crippen LogP contribution in [0.2, 0.25) is 0 Å². The van der Waals surface area contributed by atoms with Gasteiger partial charge in [-0.25, -0.2) is 8.78 Å². The monoisotopic (exact) mass is 212 g/mol. The largest absolute Gasteiger partial charge is 0.481 e. The van der Waals surface area contributed by atoms with Crippen LogP contribution in [0.15, 0.2) is 12.1 Å². The number of carboxylic acid groups (broad SMARTS) is 1. The van der Waals surface area contributed by atoms with Crippen molar-refractivity contribution in [3.8, 4) is 0 Å². The van der Waals surface area contributed by atoms with Crippen molar-refractivity contribution in [1.29, 1.82) is 0 Å². The summed E-state index contributed by atoms with van der Waals surface area (Å²) in [5, 5.41) is 8.69. The van der Waals surface area contributed by atoms with E-state index >= 15 is 0 Å². The molecule has 1 aromatic carbocycles. The van der Waals surface area contributed by atoms with E-state index in [1.165, 1.54) is 19.1 Å². The average molecular weight is 212 g/mol. The first-order chi connectivity index (χ1) is 7.02. The molecule has 1 N–H and O–H groups in total. The van der Waals surface area contributed by atoms with Crippen LogP contribution in [-0.2, 0) is 4.79 Å². The minimum absolute atomic E-state index is 0.0672. The van der Waals surface area contributed by atoms with Crippen molar-refractivity contribution < 1.29 is 18.7 Å². The standard InChI is InChI=1S/C11H10F2O2/c1-5-2-3-8(12)9(10(5)13)6-4-7(6)11(14)15/h2-3,6-7H,4H2,1H3,(H,14,15)/t6-,7-/m1/s1. The molecule has 2 atom stereocenters. The molecule has 2 nitrogen and oxygen atoms in total. The Morgan fingerprint density at radius 2 is 2.13 bits per heavy atom. The lowest BCUT2D eigenvalue weighted by Gasteiger charge is -2.05. The Kier molecular flexibility index (Phi) is 2.21. The Balaban J connectivity index is 2.38. The summed E-state index contributed by atoms with van der Waals surface area (Å²) in [6.07, 6.45) is 0.326. The summed E-state index contributed by atoms with van der Waals surface area (Å²) in [4.78, 5) is 10.6. The average Bonchev–Trinajstić information content (AvgIpc) is 2.92. The van der Waals surface area contributed by atoms with Crippen LogP contribution in [0.5, 0.6) is 0 Å². The first-order valence-corrected chi connectivity index (χ1v) is 4.69. The zero-order valence-corrected chi connectivity index (χ0v) is 8.13. The van der Waals surface area contributed by atoms with Crippen molar-refractivity contribution in [2.24, 2.45) is 5.92 Å². The fourth-order valence-corrected chi connectivity index (χ4v) is 1.81. The molecule has 0 saturated heterocycles. The number of aliphatic carboxylic acids is 1. The third-order valence-electron chi connectivity index (χ3n) is 2.80. The third-order valence-corrected chi connectivity index (χ3v) is 2.80. The summed E-state index contributed by atoms with van der Waals surface area (Å²) < 4.78 is 26.9. The highest BCUT2D eigenvalue weighted by atomic mass is 19.1. The molecule has 0 heterocycles. The normalized spacial score (nSPS) is 23.9. The van der Waals surface area contributed by atoms with Gasteiger partial charge in [-0.15, -0.1) is 0 Å². The number of benzene rings is 1. The lowest BCUT2D eigenvalue weighted by Crippen LogP contribution is -2.03. The molecule has 15 heavy (non-hydrogen) atoms. The van der Waals surface area contributed by atoms with Crippen molar-refractivity contribution in [3.05, 3.63) is 34.9 Å². The predicted octanol–water partition coefficient (Wildman–Crippen LogP) is 2.46. The van der Waals surface area contributed by atoms with Crippen LogP contribution in [0.4, 0.5) is 8.78 Å². The fourth-order valence-electron chi connectivity index (χ4n) is 1.81. The van der Waals surface area contributed by atoms with E-state index in [2.05, 4.69) is 0 Å². The van der Waals surface area contributed by atoms with Gasteiger partial charge in [-0.1, -0.05) is 6.07 Å². The molecule has 0 unspecified atom stereocenters. The van der Waals surface area contributed by atoms with Gasteiger partial charge < -0.3 is 5.11 Å². The molecule has 4 heteroatoms. The van der Waals surface area contributed by atoms with E-state index in [-0.39, 0.29) is 5.56 Å². The van der Waals surface area contributed by atoms with Crippen molar-refractivity contribution in [3.63, 3.8) is 0 Å². The van der Waals surface area contributed by atoms with E-state index in [1.54, 1.807) is 0 Å². The summed E-state index contributed by atoms with van der Waals surface area (Å²) in [7, 11) is 0. The first kappa shape index (κ1) is 10.1. The molecule has 2 rings (SSSR count). The van der Waals surface area contributed by atoms with E-state index in [1.807, 2.05) is 0 Å². The Morgan fingerprint density at radius 1 is 1.47 bits per heavy atom. The molecule has 80 valence electrons. The molecule has 0 aliphatic heterocycles. The van der Waals surface area contributed by atoms with Gasteiger partial charge in [0, 0.05) is 11.5 Å². The van der Waals surface area contributed by atoms with Crippen LogP contribution in [0.25, 0.3) is 0 Å². The summed E-state index contributed by atoms with van der Waals surface area (Å²) in [5.74, 6) is -3.37. The molecule has 0 aromatic heterocycles. The summed E-state index contributed by atoms with van der Waals surface area (Å²) in [6, 6.07) is 2.54. The van der Waals surface area contributed by atoms with Crippen molar-refractivity contribution >= 4 is 5.97 Å². The number of hydrogen-bond acceptors (Lipinski definition) is 1. The van der Waals surface area contributed by atoms with Gasteiger partial charge >= 0.3 is 5.97 Å². The van der Waals surface area contributed by atoms with Crippen molar-refractivity contribution in [1.82, 2.24) is 0 Å². The van der Waals surface area contributed by atoms with Gasteiger partial charge in [0.25, 0.3) is 0 Å². The molecular weight excluding hydrogens is 202 g/mol. The highest BCUT2D eigenvalue weighted by Crippen LogP contribution is 2.49. The van der Waals surface area contributed by atoms with E-state index in [0.717, 1.165) is 0 Å². The molecule has 1 fully saturated rings. The molecule has 1 aromatic rings. The van der Waals surface area contributed by atoms with Crippen LogP contribution >= 0.6 is 0 Å². The van der Waals surface area contributed by atoms with Gasteiger partial charge in [0.15, 0.2) is 0 Å². The quantitative estimate of drug-likeness (QED) is 0.817. The lowest BCUT2D eigenvalue weighted by molar-refractivity contribution is -0.138. The van der Waals surface area contributed by atoms with E-state index < -0.39 is 29.4 Å². The second kappa shape index (κ2) is 3.29. The van der Waals surface area contributed by atoms with Gasteiger partial charge in [-0.2, -0.15) is 0 Å². The Bertz CT molecular complexity index is 429. The Morgan fingerprint density at radius 3 is 2.67 bits per heavy atom. The molecular formula is C11H10F2O2. The Hall–Kier alpha value is -1.45. The van der Waals surface area contributed by atoms with Gasteiger partial charge in [0.05, 0.1) is 5.92 Å². The van der Waals surface area contributed by atoms with Crippen LogP contribution < -0.4 is 0 Å². The molecule has 0 spiro atoms. The van der Waals surface area contributed by atoms with Crippen molar-refractivity contribution in [2.45, 2.75) is 19.3 Å². The molecule has 0 bridgehead atoms. The number of halogens is 2. The zero-order chi connectivity index (χ0) is 11.2. The highest BCUT2D eigenvalue weighted by Gasteiger charge is 2.47. The summed E-state index contributed by atoms with van der Waals surface area (Å²) in [6.45, 7) is 1.54. The molecule has 1 aliphatic carbocycles. The Labute approximate surface area is 85.5 Å². The van der Waals surface area contributed by atoms with E-state index in [0.29, 0.717) is 12.0 Å². The third kappa shape index (κ3) is 1.60. The lowest BCUT2D eigenvalue weighted by atomic mass is 10.0. The summed E-state index contributed by atoms with van der Waals surface area (Å²) >= 11 is 0. The van der Waals surface area contributed by atoms with Crippen LogP contribution in [0.1, 0.15) is 23.5 Å². The number of carboxylic acids is 1. The van der Waals surface area contributed by atoms with E-state index in [4.69, 9.17) is 5.11 Å². The van der Waals surface area contributed by atoms with Crippen LogP contribution in [0, 0.1) is 24.5 Å². The van der Waals surface area contributed by atoms with Crippen LogP contribution in [-0.4, -0.2) is 11.1 Å². The number of hydrogen-bond donors (Lipinski definition) is 1. The first-order valence-electron chi connectivity index (χ1n) is 4.69. The summed E-state index contributed by atoms with van der Waals surface area (Å²) in [5.41, 5.74) is 0.282. The maximum absolute atomic E-state index is 13.6. The van der Waals surface area contributed by atoms with Gasteiger partial charge in [0.2, 0.25) is 0 Å². The smallest absolute Gasteiger partial charge is 0.307 e. The van der Waals surface area contributed by atoms with Gasteiger partial charge in [-0.05, 0) is 25.0 Å². The maximum Gasteiger partial charge on any atom is 0.307 e. The topological polar surface area (TPSA) is 37.3 Å². The van der Waals surface area contributed by atoms with Gasteiger partial charge in [0.1, 0.15) is 11.6 Å².